The molecule has 0 aromatic heterocycles. The second-order valence-electron chi connectivity index (χ2n) is 9.64. The monoisotopic (exact) mass is 478 g/mol. The summed E-state index contributed by atoms with van der Waals surface area (Å²) in [5, 5.41) is 31.9. The quantitative estimate of drug-likeness (QED) is 0.257. The van der Waals surface area contributed by atoms with Crippen LogP contribution in [0.3, 0.4) is 0 Å². The molecule has 5 rings (SSSR count). The number of phenols is 2. The number of aromatic carboxylic acids is 1. The molecule has 0 spiro atoms. The molecule has 0 atom stereocenters. The minimum Gasteiger partial charge on any atom is -0.507 e. The molecule has 0 bridgehead atoms. The van der Waals surface area contributed by atoms with Gasteiger partial charge in [-0.25, -0.2) is 4.79 Å². The molecule has 0 radical (unpaired) electrons. The topological polar surface area (TPSA) is 77.8 Å². The third-order valence-corrected chi connectivity index (χ3v) is 7.68. The number of fused-ring (bicyclic) bond motifs is 3. The molecule has 0 saturated carbocycles. The third-order valence-electron chi connectivity index (χ3n) is 7.68. The number of carbonyl (C=O) groups is 1. The predicted molar refractivity (Wildman–Crippen MR) is 142 cm³/mol. The third kappa shape index (κ3) is 3.17. The minimum absolute atomic E-state index is 0.247. The largest absolute Gasteiger partial charge is 0.507 e. The summed E-state index contributed by atoms with van der Waals surface area (Å²) in [6, 6.07) is 21.5. The van der Waals surface area contributed by atoms with Gasteiger partial charge in [0.15, 0.2) is 0 Å². The van der Waals surface area contributed by atoms with Gasteiger partial charge in [-0.15, -0.1) is 0 Å². The number of phenolic OH excluding ortho intramolecular Hbond substituents is 2. The number of hydrogen-bond donors (Lipinski definition) is 3. The molecule has 4 aromatic carbocycles. The van der Waals surface area contributed by atoms with E-state index in [1.165, 1.54) is 0 Å². The second kappa shape index (κ2) is 8.56. The van der Waals surface area contributed by atoms with Crippen LogP contribution in [0.2, 0.25) is 0 Å². The van der Waals surface area contributed by atoms with Crippen LogP contribution >= 0.6 is 0 Å². The summed E-state index contributed by atoms with van der Waals surface area (Å²) in [6.07, 6.45) is 1.28. The maximum absolute atomic E-state index is 12.7. The summed E-state index contributed by atoms with van der Waals surface area (Å²) in [6.45, 7) is 7.78. The molecule has 1 aliphatic carbocycles. The minimum atomic E-state index is -0.985. The Hall–Kier alpha value is -4.05. The molecule has 3 N–H and O–H groups in total. The van der Waals surface area contributed by atoms with E-state index < -0.39 is 11.4 Å². The summed E-state index contributed by atoms with van der Waals surface area (Å²) in [7, 11) is 0. The molecule has 0 unspecified atom stereocenters. The van der Waals surface area contributed by atoms with Gasteiger partial charge in [-0.1, -0.05) is 74.5 Å². The zero-order valence-corrected chi connectivity index (χ0v) is 21.0. The first-order chi connectivity index (χ1) is 17.2. The molecule has 4 aromatic rings. The van der Waals surface area contributed by atoms with Crippen molar-refractivity contribution in [1.82, 2.24) is 0 Å². The normalized spacial score (nSPS) is 13.3. The number of carboxylic acids is 1. The number of hydrogen-bond acceptors (Lipinski definition) is 3. The van der Waals surface area contributed by atoms with E-state index in [2.05, 4.69) is 6.07 Å². The van der Waals surface area contributed by atoms with Gasteiger partial charge >= 0.3 is 5.97 Å². The van der Waals surface area contributed by atoms with Gasteiger partial charge in [0.2, 0.25) is 0 Å². The van der Waals surface area contributed by atoms with Crippen LogP contribution in [0.1, 0.15) is 68.7 Å². The highest BCUT2D eigenvalue weighted by molar-refractivity contribution is 5.98. The Morgan fingerprint density at radius 3 is 1.81 bits per heavy atom. The highest BCUT2D eigenvalue weighted by Crippen LogP contribution is 2.58. The molecular weight excluding hydrogens is 448 g/mol. The van der Waals surface area contributed by atoms with Gasteiger partial charge in [0.05, 0.1) is 11.0 Å². The highest BCUT2D eigenvalue weighted by Gasteiger charge is 2.49. The van der Waals surface area contributed by atoms with Crippen molar-refractivity contribution in [3.8, 4) is 22.6 Å². The Balaban J connectivity index is 2.06. The van der Waals surface area contributed by atoms with Crippen LogP contribution in [0.15, 0.2) is 66.7 Å². The summed E-state index contributed by atoms with van der Waals surface area (Å²) < 4.78 is 0. The maximum Gasteiger partial charge on any atom is 0.336 e. The van der Waals surface area contributed by atoms with Crippen LogP contribution in [0, 0.1) is 13.8 Å². The lowest BCUT2D eigenvalue weighted by atomic mass is 9.65. The molecule has 4 heteroatoms. The lowest BCUT2D eigenvalue weighted by molar-refractivity contribution is 0.0695. The fraction of sp³-hybridized carbons (Fsp3) is 0.219. The molecule has 0 fully saturated rings. The van der Waals surface area contributed by atoms with Gasteiger partial charge in [-0.05, 0) is 88.4 Å². The smallest absolute Gasteiger partial charge is 0.336 e. The Labute approximate surface area is 211 Å². The van der Waals surface area contributed by atoms with Crippen molar-refractivity contribution >= 4 is 5.97 Å². The van der Waals surface area contributed by atoms with E-state index in [9.17, 15) is 20.1 Å². The van der Waals surface area contributed by atoms with Gasteiger partial charge in [-0.3, -0.25) is 0 Å². The number of rotatable bonds is 5. The number of carboxylic acid groups (broad SMARTS) is 1. The lowest BCUT2D eigenvalue weighted by Gasteiger charge is -2.36. The molecule has 0 amide bonds. The summed E-state index contributed by atoms with van der Waals surface area (Å²) in [5.74, 6) is -0.447. The van der Waals surface area contributed by atoms with E-state index in [0.29, 0.717) is 12.8 Å². The first-order valence-corrected chi connectivity index (χ1v) is 12.4. The van der Waals surface area contributed by atoms with Crippen LogP contribution in [0.25, 0.3) is 11.1 Å². The fourth-order valence-electron chi connectivity index (χ4n) is 5.98. The molecule has 4 nitrogen and oxygen atoms in total. The van der Waals surface area contributed by atoms with Crippen LogP contribution in [-0.2, 0) is 18.3 Å². The number of aromatic hydroxyl groups is 2. The van der Waals surface area contributed by atoms with Crippen LogP contribution in [-0.4, -0.2) is 21.3 Å². The zero-order valence-electron chi connectivity index (χ0n) is 21.0. The van der Waals surface area contributed by atoms with Crippen molar-refractivity contribution in [1.29, 1.82) is 0 Å². The summed E-state index contributed by atoms with van der Waals surface area (Å²) in [5.41, 5.74) is 7.82. The number of benzene rings is 4. The summed E-state index contributed by atoms with van der Waals surface area (Å²) >= 11 is 0. The standard InChI is InChI=1S/C32H30O4/c1-5-20-16-22(14-18(3)29(20)33)32(23-15-19(4)30(34)21(6-2)17-23)27-13-8-7-10-24(27)25-11-9-12-26(28(25)32)31(35)36/h7-17,33-34H,5-6H2,1-4H3,(H,35,36). The molecule has 36 heavy (non-hydrogen) atoms. The average molecular weight is 479 g/mol. The molecule has 0 heterocycles. The second-order valence-corrected chi connectivity index (χ2v) is 9.64. The maximum atomic E-state index is 12.7. The molecular formula is C32H30O4. The molecule has 182 valence electrons. The van der Waals surface area contributed by atoms with Gasteiger partial charge in [0.25, 0.3) is 0 Å². The lowest BCUT2D eigenvalue weighted by Crippen LogP contribution is -2.31. The van der Waals surface area contributed by atoms with Gasteiger partial charge in [-0.2, -0.15) is 0 Å². The molecule has 0 aliphatic heterocycles. The Morgan fingerprint density at radius 2 is 1.28 bits per heavy atom. The Kier molecular flexibility index (Phi) is 5.63. The summed E-state index contributed by atoms with van der Waals surface area (Å²) in [4.78, 5) is 12.7. The van der Waals surface area contributed by atoms with Crippen molar-refractivity contribution in [2.24, 2.45) is 0 Å². The van der Waals surface area contributed by atoms with Crippen LogP contribution in [0.5, 0.6) is 11.5 Å². The van der Waals surface area contributed by atoms with Gasteiger partial charge in [0.1, 0.15) is 11.5 Å². The van der Waals surface area contributed by atoms with E-state index in [1.807, 2.05) is 76.2 Å². The SMILES string of the molecule is CCc1cc(C2(c3cc(C)c(O)c(CC)c3)c3ccccc3-c3cccc(C(=O)O)c32)cc(C)c1O. The first-order valence-electron chi connectivity index (χ1n) is 12.4. The Bertz CT molecular complexity index is 1470. The first kappa shape index (κ1) is 23.7. The Morgan fingerprint density at radius 1 is 0.750 bits per heavy atom. The van der Waals surface area contributed by atoms with Crippen LogP contribution < -0.4 is 0 Å². The van der Waals surface area contributed by atoms with Crippen molar-refractivity contribution in [2.45, 2.75) is 46.0 Å². The van der Waals surface area contributed by atoms with Crippen molar-refractivity contribution in [3.05, 3.63) is 117 Å². The number of aryl methyl sites for hydroxylation is 4. The average Bonchev–Trinajstić information content (AvgIpc) is 3.18. The van der Waals surface area contributed by atoms with E-state index in [1.54, 1.807) is 12.1 Å². The fourth-order valence-corrected chi connectivity index (χ4v) is 5.98. The van der Waals surface area contributed by atoms with E-state index >= 15 is 0 Å². The molecule has 0 saturated heterocycles. The van der Waals surface area contributed by atoms with E-state index in [0.717, 1.165) is 55.6 Å². The highest BCUT2D eigenvalue weighted by atomic mass is 16.4. The van der Waals surface area contributed by atoms with Crippen molar-refractivity contribution < 1.29 is 20.1 Å². The van der Waals surface area contributed by atoms with Crippen molar-refractivity contribution in [3.63, 3.8) is 0 Å². The predicted octanol–water partition coefficient (Wildman–Crippen LogP) is 6.90. The van der Waals surface area contributed by atoms with Gasteiger partial charge in [0, 0.05) is 0 Å². The molecule has 1 aliphatic rings. The van der Waals surface area contributed by atoms with E-state index in [4.69, 9.17) is 0 Å². The zero-order chi connectivity index (χ0) is 25.8. The van der Waals surface area contributed by atoms with E-state index in [-0.39, 0.29) is 17.1 Å². The van der Waals surface area contributed by atoms with Crippen LogP contribution in [0.4, 0.5) is 0 Å². The van der Waals surface area contributed by atoms with Crippen molar-refractivity contribution in [2.75, 3.05) is 0 Å². The van der Waals surface area contributed by atoms with Gasteiger partial charge < -0.3 is 15.3 Å².